The van der Waals surface area contributed by atoms with Crippen LogP contribution in [-0.4, -0.2) is 33.0 Å². The van der Waals surface area contributed by atoms with Crippen molar-refractivity contribution in [2.24, 2.45) is 5.41 Å². The Balaban J connectivity index is 1.83. The molecule has 1 N–H and O–H groups in total. The number of aromatic nitrogens is 3. The van der Waals surface area contributed by atoms with E-state index in [1.54, 1.807) is 0 Å². The van der Waals surface area contributed by atoms with Crippen LogP contribution in [0.5, 0.6) is 0 Å². The molecule has 1 aliphatic rings. The first kappa shape index (κ1) is 17.1. The second-order valence-electron chi connectivity index (χ2n) is 6.96. The highest BCUT2D eigenvalue weighted by Crippen LogP contribution is 2.40. The molecule has 5 nitrogen and oxygen atoms in total. The maximum absolute atomic E-state index is 11.9. The summed E-state index contributed by atoms with van der Waals surface area (Å²) in [5.74, 6) is 2.01. The summed E-state index contributed by atoms with van der Waals surface area (Å²) in [5.41, 5.74) is 0.240. The molecule has 2 rings (SSSR count). The third-order valence-electron chi connectivity index (χ3n) is 3.53. The van der Waals surface area contributed by atoms with Crippen molar-refractivity contribution in [3.63, 3.8) is 0 Å². The van der Waals surface area contributed by atoms with Crippen LogP contribution in [0, 0.1) is 5.41 Å². The van der Waals surface area contributed by atoms with Crippen LogP contribution in [0.3, 0.4) is 0 Å². The van der Waals surface area contributed by atoms with Crippen LogP contribution in [0.25, 0.3) is 0 Å². The molecule has 1 fully saturated rings. The zero-order chi connectivity index (χ0) is 16.2. The van der Waals surface area contributed by atoms with Crippen LogP contribution in [0.2, 0.25) is 0 Å². The lowest BCUT2D eigenvalue weighted by Gasteiger charge is -2.17. The molecule has 22 heavy (non-hydrogen) atoms. The average Bonchev–Trinajstić information content (AvgIpc) is 3.19. The first-order valence-corrected chi connectivity index (χ1v) is 8.83. The number of nitrogens with one attached hydrogen (secondary N) is 1. The van der Waals surface area contributed by atoms with Crippen molar-refractivity contribution in [1.29, 1.82) is 0 Å². The Morgan fingerprint density at radius 1 is 1.45 bits per heavy atom. The van der Waals surface area contributed by atoms with Crippen LogP contribution in [0.1, 0.15) is 51.8 Å². The second-order valence-corrected chi connectivity index (χ2v) is 7.91. The molecule has 0 atom stereocenters. The van der Waals surface area contributed by atoms with Gasteiger partial charge in [0.1, 0.15) is 5.82 Å². The number of rotatable bonds is 8. The summed E-state index contributed by atoms with van der Waals surface area (Å²) in [6.45, 7) is 11.7. The van der Waals surface area contributed by atoms with E-state index in [9.17, 15) is 4.79 Å². The summed E-state index contributed by atoms with van der Waals surface area (Å²) >= 11 is 1.45. The smallest absolute Gasteiger partial charge is 0.230 e. The standard InChI is InChI=1S/C16H26N4OS/c1-5-10-20-14(12-6-7-12)18-19-15(20)22-11-13(21)17-9-8-16(2,3)4/h5,12H,1,6-11H2,2-4H3,(H,17,21). The number of amides is 1. The maximum Gasteiger partial charge on any atom is 0.230 e. The van der Waals surface area contributed by atoms with Gasteiger partial charge in [-0.3, -0.25) is 4.79 Å². The molecule has 0 spiro atoms. The molecule has 0 bridgehead atoms. The Kier molecular flexibility index (Phi) is 5.67. The van der Waals surface area contributed by atoms with E-state index in [2.05, 4.69) is 47.4 Å². The summed E-state index contributed by atoms with van der Waals surface area (Å²) in [4.78, 5) is 11.9. The summed E-state index contributed by atoms with van der Waals surface area (Å²) in [5, 5.41) is 12.3. The van der Waals surface area contributed by atoms with Crippen molar-refractivity contribution in [1.82, 2.24) is 20.1 Å². The number of thioether (sulfide) groups is 1. The molecule has 0 saturated heterocycles. The first-order chi connectivity index (χ1) is 10.4. The van der Waals surface area contributed by atoms with Gasteiger partial charge in [0, 0.05) is 19.0 Å². The molecule has 122 valence electrons. The van der Waals surface area contributed by atoms with E-state index in [4.69, 9.17) is 0 Å². The van der Waals surface area contributed by atoms with Crippen molar-refractivity contribution in [3.8, 4) is 0 Å². The largest absolute Gasteiger partial charge is 0.355 e. The third kappa shape index (κ3) is 5.16. The quantitative estimate of drug-likeness (QED) is 0.590. The van der Waals surface area contributed by atoms with E-state index < -0.39 is 0 Å². The SMILES string of the molecule is C=CCn1c(SCC(=O)NCCC(C)(C)C)nnc1C1CC1. The summed E-state index contributed by atoms with van der Waals surface area (Å²) < 4.78 is 2.08. The molecule has 6 heteroatoms. The van der Waals surface area contributed by atoms with E-state index in [0.29, 0.717) is 18.2 Å². The van der Waals surface area contributed by atoms with Gasteiger partial charge in [-0.05, 0) is 24.7 Å². The van der Waals surface area contributed by atoms with Gasteiger partial charge in [-0.2, -0.15) is 0 Å². The lowest BCUT2D eigenvalue weighted by molar-refractivity contribution is -0.118. The minimum Gasteiger partial charge on any atom is -0.355 e. The minimum atomic E-state index is 0.0513. The Morgan fingerprint density at radius 3 is 2.77 bits per heavy atom. The molecule has 1 heterocycles. The van der Waals surface area contributed by atoms with Crippen molar-refractivity contribution in [2.45, 2.75) is 57.7 Å². The topological polar surface area (TPSA) is 59.8 Å². The molecule has 0 aromatic carbocycles. The van der Waals surface area contributed by atoms with Gasteiger partial charge >= 0.3 is 0 Å². The van der Waals surface area contributed by atoms with Gasteiger partial charge in [0.15, 0.2) is 5.16 Å². The molecule has 1 aliphatic carbocycles. The van der Waals surface area contributed by atoms with E-state index in [0.717, 1.165) is 23.9 Å². The molecular weight excluding hydrogens is 296 g/mol. The van der Waals surface area contributed by atoms with Crippen LogP contribution < -0.4 is 5.32 Å². The van der Waals surface area contributed by atoms with Gasteiger partial charge in [-0.1, -0.05) is 38.6 Å². The van der Waals surface area contributed by atoms with E-state index in [-0.39, 0.29) is 11.3 Å². The highest BCUT2D eigenvalue weighted by Gasteiger charge is 2.30. The highest BCUT2D eigenvalue weighted by atomic mass is 32.2. The zero-order valence-corrected chi connectivity index (χ0v) is 14.6. The fourth-order valence-corrected chi connectivity index (χ4v) is 2.89. The van der Waals surface area contributed by atoms with Gasteiger partial charge in [0.25, 0.3) is 0 Å². The lowest BCUT2D eigenvalue weighted by atomic mass is 9.92. The zero-order valence-electron chi connectivity index (χ0n) is 13.8. The Bertz CT molecular complexity index is 529. The molecule has 1 saturated carbocycles. The van der Waals surface area contributed by atoms with Crippen molar-refractivity contribution >= 4 is 17.7 Å². The van der Waals surface area contributed by atoms with Crippen LogP contribution in [0.4, 0.5) is 0 Å². The number of hydrogen-bond donors (Lipinski definition) is 1. The Labute approximate surface area is 137 Å². The molecule has 1 amide bonds. The molecule has 0 radical (unpaired) electrons. The van der Waals surface area contributed by atoms with Crippen molar-refractivity contribution < 1.29 is 4.79 Å². The Morgan fingerprint density at radius 2 is 2.18 bits per heavy atom. The molecular formula is C16H26N4OS. The van der Waals surface area contributed by atoms with Gasteiger partial charge in [0.05, 0.1) is 5.75 Å². The minimum absolute atomic E-state index is 0.0513. The number of allylic oxidation sites excluding steroid dienone is 1. The molecule has 1 aromatic rings. The summed E-state index contributed by atoms with van der Waals surface area (Å²) in [7, 11) is 0. The normalized spacial score (nSPS) is 14.9. The predicted molar refractivity (Wildman–Crippen MR) is 90.0 cm³/mol. The van der Waals surface area contributed by atoms with Crippen LogP contribution in [-0.2, 0) is 11.3 Å². The number of carbonyl (C=O) groups excluding carboxylic acids is 1. The van der Waals surface area contributed by atoms with E-state index in [1.807, 2.05) is 6.08 Å². The maximum atomic E-state index is 11.9. The summed E-state index contributed by atoms with van der Waals surface area (Å²) in [6.07, 6.45) is 5.20. The second kappa shape index (κ2) is 7.31. The van der Waals surface area contributed by atoms with Gasteiger partial charge < -0.3 is 9.88 Å². The van der Waals surface area contributed by atoms with Gasteiger partial charge in [0.2, 0.25) is 5.91 Å². The number of nitrogens with zero attached hydrogens (tertiary/aromatic N) is 3. The fourth-order valence-electron chi connectivity index (χ4n) is 2.11. The average molecular weight is 322 g/mol. The van der Waals surface area contributed by atoms with E-state index in [1.165, 1.54) is 24.6 Å². The van der Waals surface area contributed by atoms with Gasteiger partial charge in [-0.15, -0.1) is 16.8 Å². The molecule has 0 unspecified atom stereocenters. The molecule has 0 aliphatic heterocycles. The monoisotopic (exact) mass is 322 g/mol. The highest BCUT2D eigenvalue weighted by molar-refractivity contribution is 7.99. The van der Waals surface area contributed by atoms with Gasteiger partial charge in [-0.25, -0.2) is 0 Å². The van der Waals surface area contributed by atoms with Crippen molar-refractivity contribution in [3.05, 3.63) is 18.5 Å². The first-order valence-electron chi connectivity index (χ1n) is 7.84. The fraction of sp³-hybridized carbons (Fsp3) is 0.688. The number of carbonyl (C=O) groups is 1. The lowest BCUT2D eigenvalue weighted by Crippen LogP contribution is -2.28. The van der Waals surface area contributed by atoms with E-state index >= 15 is 0 Å². The third-order valence-corrected chi connectivity index (χ3v) is 4.50. The predicted octanol–water partition coefficient (Wildman–Crippen LogP) is 2.99. The molecule has 1 aromatic heterocycles. The summed E-state index contributed by atoms with van der Waals surface area (Å²) in [6, 6.07) is 0. The Hall–Kier alpha value is -1.30. The van der Waals surface area contributed by atoms with Crippen LogP contribution in [0.15, 0.2) is 17.8 Å². The van der Waals surface area contributed by atoms with Crippen molar-refractivity contribution in [2.75, 3.05) is 12.3 Å². The number of hydrogen-bond acceptors (Lipinski definition) is 4. The van der Waals surface area contributed by atoms with Crippen LogP contribution >= 0.6 is 11.8 Å².